The zero-order valence-corrected chi connectivity index (χ0v) is 10.0. The summed E-state index contributed by atoms with van der Waals surface area (Å²) in [4.78, 5) is 24.5. The van der Waals surface area contributed by atoms with Crippen LogP contribution in [0.4, 0.5) is 13.2 Å². The van der Waals surface area contributed by atoms with E-state index in [0.717, 1.165) is 0 Å². The van der Waals surface area contributed by atoms with Crippen LogP contribution < -0.4 is 10.6 Å². The molecule has 1 aliphatic rings. The quantitative estimate of drug-likeness (QED) is 0.746. The Morgan fingerprint density at radius 3 is 2.61 bits per heavy atom. The van der Waals surface area contributed by atoms with Crippen molar-refractivity contribution >= 4 is 11.8 Å². The lowest BCUT2D eigenvalue weighted by atomic mass is 10.2. The molecule has 18 heavy (non-hydrogen) atoms. The van der Waals surface area contributed by atoms with Gasteiger partial charge in [-0.25, -0.2) is 0 Å². The van der Waals surface area contributed by atoms with Crippen LogP contribution in [0, 0.1) is 0 Å². The van der Waals surface area contributed by atoms with Crippen LogP contribution in [0.2, 0.25) is 0 Å². The molecule has 1 aliphatic heterocycles. The van der Waals surface area contributed by atoms with E-state index in [1.807, 2.05) is 5.32 Å². The first-order valence-corrected chi connectivity index (χ1v) is 5.63. The van der Waals surface area contributed by atoms with Gasteiger partial charge in [-0.15, -0.1) is 0 Å². The lowest BCUT2D eigenvalue weighted by molar-refractivity contribution is -0.139. The average Bonchev–Trinajstić information content (AvgIpc) is 2.75. The molecule has 104 valence electrons. The first-order valence-electron chi connectivity index (χ1n) is 5.63. The molecule has 0 bridgehead atoms. The van der Waals surface area contributed by atoms with E-state index in [1.165, 1.54) is 11.9 Å². The topological polar surface area (TPSA) is 61.4 Å². The molecule has 1 rings (SSSR count). The second kappa shape index (κ2) is 6.03. The highest BCUT2D eigenvalue weighted by Crippen LogP contribution is 2.17. The molecule has 2 N–H and O–H groups in total. The number of carbonyl (C=O) groups is 2. The number of halogens is 3. The Morgan fingerprint density at radius 2 is 2.06 bits per heavy atom. The monoisotopic (exact) mass is 267 g/mol. The first kappa shape index (κ1) is 14.7. The van der Waals surface area contributed by atoms with Gasteiger partial charge < -0.3 is 15.5 Å². The second-order valence-corrected chi connectivity index (χ2v) is 4.08. The van der Waals surface area contributed by atoms with Crippen LogP contribution in [0.5, 0.6) is 0 Å². The molecule has 0 aromatic carbocycles. The van der Waals surface area contributed by atoms with Crippen molar-refractivity contribution in [3.63, 3.8) is 0 Å². The molecule has 8 heteroatoms. The van der Waals surface area contributed by atoms with Crippen LogP contribution in [0.3, 0.4) is 0 Å². The first-order chi connectivity index (χ1) is 8.35. The predicted octanol–water partition coefficient (Wildman–Crippen LogP) is -0.125. The van der Waals surface area contributed by atoms with E-state index in [2.05, 4.69) is 5.32 Å². The van der Waals surface area contributed by atoms with Gasteiger partial charge in [0.2, 0.25) is 11.8 Å². The minimum atomic E-state index is -4.34. The summed E-state index contributed by atoms with van der Waals surface area (Å²) in [6, 6.07) is -0.560. The highest BCUT2D eigenvalue weighted by Gasteiger charge is 2.34. The van der Waals surface area contributed by atoms with Crippen LogP contribution in [-0.4, -0.2) is 55.6 Å². The van der Waals surface area contributed by atoms with Crippen molar-refractivity contribution in [2.24, 2.45) is 0 Å². The normalized spacial score (nSPS) is 20.0. The molecule has 1 saturated heterocycles. The molecule has 0 aliphatic carbocycles. The lowest BCUT2D eigenvalue weighted by Crippen LogP contribution is -2.48. The molecule has 1 heterocycles. The zero-order chi connectivity index (χ0) is 13.8. The summed E-state index contributed by atoms with van der Waals surface area (Å²) in [5, 5.41) is 4.47. The van der Waals surface area contributed by atoms with Crippen molar-refractivity contribution in [1.29, 1.82) is 0 Å². The van der Waals surface area contributed by atoms with Crippen molar-refractivity contribution in [2.45, 2.75) is 25.1 Å². The van der Waals surface area contributed by atoms with Gasteiger partial charge in [0, 0.05) is 13.6 Å². The number of likely N-dealkylation sites (tertiary alicyclic amines) is 1. The number of hydrogen-bond acceptors (Lipinski definition) is 3. The van der Waals surface area contributed by atoms with Crippen LogP contribution >= 0.6 is 0 Å². The van der Waals surface area contributed by atoms with Gasteiger partial charge in [-0.2, -0.15) is 13.2 Å². The SMILES string of the molecule is CNC(=O)C1CCCN1C(=O)CNCC(F)(F)F. The van der Waals surface area contributed by atoms with Crippen molar-refractivity contribution in [3.8, 4) is 0 Å². The molecule has 0 saturated carbocycles. The number of carbonyl (C=O) groups excluding carboxylic acids is 2. The summed E-state index contributed by atoms with van der Waals surface area (Å²) in [5.74, 6) is -0.762. The largest absolute Gasteiger partial charge is 0.401 e. The third-order valence-electron chi connectivity index (χ3n) is 2.72. The molecule has 0 aromatic heterocycles. The van der Waals surface area contributed by atoms with E-state index in [-0.39, 0.29) is 5.91 Å². The maximum Gasteiger partial charge on any atom is 0.401 e. The van der Waals surface area contributed by atoms with Crippen LogP contribution in [-0.2, 0) is 9.59 Å². The lowest BCUT2D eigenvalue weighted by Gasteiger charge is -2.23. The fraction of sp³-hybridized carbons (Fsp3) is 0.800. The van der Waals surface area contributed by atoms with Gasteiger partial charge in [-0.05, 0) is 12.8 Å². The molecule has 1 fully saturated rings. The van der Waals surface area contributed by atoms with E-state index in [0.29, 0.717) is 19.4 Å². The number of alkyl halides is 3. The minimum Gasteiger partial charge on any atom is -0.357 e. The fourth-order valence-corrected chi connectivity index (χ4v) is 1.92. The maximum absolute atomic E-state index is 11.9. The van der Waals surface area contributed by atoms with Crippen LogP contribution in [0.1, 0.15) is 12.8 Å². The van der Waals surface area contributed by atoms with Crippen molar-refractivity contribution < 1.29 is 22.8 Å². The number of rotatable bonds is 4. The molecule has 0 radical (unpaired) electrons. The van der Waals surface area contributed by atoms with Crippen molar-refractivity contribution in [1.82, 2.24) is 15.5 Å². The van der Waals surface area contributed by atoms with Crippen molar-refractivity contribution in [2.75, 3.05) is 26.7 Å². The minimum absolute atomic E-state index is 0.281. The number of hydrogen-bond donors (Lipinski definition) is 2. The summed E-state index contributed by atoms with van der Waals surface area (Å²) in [6.45, 7) is -1.21. The summed E-state index contributed by atoms with van der Waals surface area (Å²) < 4.78 is 35.7. The van der Waals surface area contributed by atoms with Gasteiger partial charge >= 0.3 is 6.18 Å². The third kappa shape index (κ3) is 4.17. The fourth-order valence-electron chi connectivity index (χ4n) is 1.92. The smallest absolute Gasteiger partial charge is 0.357 e. The van der Waals surface area contributed by atoms with E-state index in [9.17, 15) is 22.8 Å². The molecular formula is C10H16F3N3O2. The average molecular weight is 267 g/mol. The van der Waals surface area contributed by atoms with Gasteiger partial charge in [0.15, 0.2) is 0 Å². The standard InChI is InChI=1S/C10H16F3N3O2/c1-14-9(18)7-3-2-4-16(7)8(17)5-15-6-10(11,12)13/h7,15H,2-6H2,1H3,(H,14,18). The van der Waals surface area contributed by atoms with Gasteiger partial charge in [0.05, 0.1) is 13.1 Å². The Kier molecular flexibility index (Phi) is 4.94. The van der Waals surface area contributed by atoms with Gasteiger partial charge in [-0.1, -0.05) is 0 Å². The number of nitrogens with one attached hydrogen (secondary N) is 2. The molecule has 2 amide bonds. The predicted molar refractivity (Wildman–Crippen MR) is 57.7 cm³/mol. The van der Waals surface area contributed by atoms with E-state index >= 15 is 0 Å². The Morgan fingerprint density at radius 1 is 1.39 bits per heavy atom. The number of amides is 2. The summed E-state index contributed by atoms with van der Waals surface area (Å²) in [5.41, 5.74) is 0. The highest BCUT2D eigenvalue weighted by molar-refractivity contribution is 5.88. The van der Waals surface area contributed by atoms with Crippen LogP contribution in [0.15, 0.2) is 0 Å². The molecular weight excluding hydrogens is 251 g/mol. The molecule has 0 spiro atoms. The molecule has 5 nitrogen and oxygen atoms in total. The number of nitrogens with zero attached hydrogens (tertiary/aromatic N) is 1. The Bertz CT molecular complexity index is 320. The van der Waals surface area contributed by atoms with E-state index in [1.54, 1.807) is 0 Å². The molecule has 1 unspecified atom stereocenters. The second-order valence-electron chi connectivity index (χ2n) is 4.08. The molecule has 0 aromatic rings. The van der Waals surface area contributed by atoms with Gasteiger partial charge in [0.25, 0.3) is 0 Å². The summed E-state index contributed by atoms with van der Waals surface area (Å²) >= 11 is 0. The summed E-state index contributed by atoms with van der Waals surface area (Å²) in [7, 11) is 1.46. The Balaban J connectivity index is 2.43. The molecule has 1 atom stereocenters. The van der Waals surface area contributed by atoms with E-state index < -0.39 is 31.2 Å². The number of likely N-dealkylation sites (N-methyl/N-ethyl adjacent to an activating group) is 1. The third-order valence-corrected chi connectivity index (χ3v) is 2.72. The summed E-state index contributed by atoms with van der Waals surface area (Å²) in [6.07, 6.45) is -3.11. The maximum atomic E-state index is 11.9. The highest BCUT2D eigenvalue weighted by atomic mass is 19.4. The Labute approximate surface area is 103 Å². The van der Waals surface area contributed by atoms with Gasteiger partial charge in [-0.3, -0.25) is 9.59 Å². The van der Waals surface area contributed by atoms with Crippen LogP contribution in [0.25, 0.3) is 0 Å². The Hall–Kier alpha value is -1.31. The van der Waals surface area contributed by atoms with Gasteiger partial charge in [0.1, 0.15) is 6.04 Å². The van der Waals surface area contributed by atoms with Crippen molar-refractivity contribution in [3.05, 3.63) is 0 Å². The zero-order valence-electron chi connectivity index (χ0n) is 10.0. The van der Waals surface area contributed by atoms with E-state index in [4.69, 9.17) is 0 Å².